The fourth-order valence-electron chi connectivity index (χ4n) is 3.25. The number of carbonyl (C=O) groups is 2. The summed E-state index contributed by atoms with van der Waals surface area (Å²) in [5, 5.41) is 14.1. The molecule has 3 rings (SSSR count). The first-order valence-corrected chi connectivity index (χ1v) is 9.58. The highest BCUT2D eigenvalue weighted by Crippen LogP contribution is 2.32. The van der Waals surface area contributed by atoms with Crippen LogP contribution in [0.2, 0.25) is 0 Å². The molecule has 0 radical (unpaired) electrons. The predicted molar refractivity (Wildman–Crippen MR) is 111 cm³/mol. The first kappa shape index (κ1) is 21.1. The topological polar surface area (TPSA) is 111 Å². The third-order valence-corrected chi connectivity index (χ3v) is 4.84. The molecule has 158 valence electrons. The summed E-state index contributed by atoms with van der Waals surface area (Å²) in [5.41, 5.74) is 0.844. The summed E-state index contributed by atoms with van der Waals surface area (Å²) < 4.78 is 10.3. The highest BCUT2D eigenvalue weighted by molar-refractivity contribution is 5.98. The second-order valence-corrected chi connectivity index (χ2v) is 6.92. The molecule has 2 aromatic carbocycles. The zero-order valence-corrected chi connectivity index (χ0v) is 16.8. The molecule has 30 heavy (non-hydrogen) atoms. The summed E-state index contributed by atoms with van der Waals surface area (Å²) in [7, 11) is 1.51. The number of nitro groups is 1. The predicted octanol–water partition coefficient (Wildman–Crippen LogP) is 3.39. The Morgan fingerprint density at radius 2 is 1.90 bits per heavy atom. The van der Waals surface area contributed by atoms with E-state index >= 15 is 0 Å². The molecule has 0 aliphatic carbocycles. The lowest BCUT2D eigenvalue weighted by Crippen LogP contribution is -2.30. The lowest BCUT2D eigenvalue weighted by atomic mass is 10.1. The number of anilines is 2. The van der Waals surface area contributed by atoms with Crippen LogP contribution in [0.25, 0.3) is 0 Å². The highest BCUT2D eigenvalue weighted by Gasteiger charge is 2.26. The Bertz CT molecular complexity index is 956. The molecule has 1 unspecified atom stereocenters. The van der Waals surface area contributed by atoms with Crippen molar-refractivity contribution in [2.24, 2.45) is 0 Å². The van der Waals surface area contributed by atoms with Gasteiger partial charge in [-0.25, -0.2) is 4.79 Å². The fourth-order valence-corrected chi connectivity index (χ4v) is 3.25. The van der Waals surface area contributed by atoms with Crippen molar-refractivity contribution in [1.29, 1.82) is 0 Å². The number of nitrogens with zero attached hydrogens (tertiary/aromatic N) is 2. The van der Waals surface area contributed by atoms with Gasteiger partial charge >= 0.3 is 5.97 Å². The van der Waals surface area contributed by atoms with Crippen LogP contribution in [0.3, 0.4) is 0 Å². The zero-order chi connectivity index (χ0) is 21.7. The third-order valence-electron chi connectivity index (χ3n) is 4.84. The van der Waals surface area contributed by atoms with E-state index in [-0.39, 0.29) is 11.3 Å². The van der Waals surface area contributed by atoms with Gasteiger partial charge in [0, 0.05) is 30.9 Å². The zero-order valence-electron chi connectivity index (χ0n) is 16.8. The third kappa shape index (κ3) is 4.86. The number of nitro benzene ring substituents is 1. The van der Waals surface area contributed by atoms with E-state index in [1.54, 1.807) is 30.3 Å². The second kappa shape index (κ2) is 9.25. The van der Waals surface area contributed by atoms with Crippen LogP contribution in [0.1, 0.15) is 30.1 Å². The number of amides is 1. The van der Waals surface area contributed by atoms with Gasteiger partial charge < -0.3 is 19.7 Å². The maximum Gasteiger partial charge on any atom is 0.339 e. The molecule has 0 saturated carbocycles. The van der Waals surface area contributed by atoms with Crippen LogP contribution in [-0.2, 0) is 9.53 Å². The van der Waals surface area contributed by atoms with Gasteiger partial charge in [-0.3, -0.25) is 14.9 Å². The van der Waals surface area contributed by atoms with E-state index < -0.39 is 22.9 Å². The molecule has 0 spiro atoms. The summed E-state index contributed by atoms with van der Waals surface area (Å²) in [5.74, 6) is -0.762. The largest absolute Gasteiger partial charge is 0.497 e. The van der Waals surface area contributed by atoms with E-state index in [9.17, 15) is 19.7 Å². The maximum atomic E-state index is 12.5. The number of benzene rings is 2. The normalized spacial score (nSPS) is 14.1. The number of nitrogens with one attached hydrogen (secondary N) is 1. The first-order valence-electron chi connectivity index (χ1n) is 9.58. The summed E-state index contributed by atoms with van der Waals surface area (Å²) >= 11 is 0. The molecule has 1 saturated heterocycles. The van der Waals surface area contributed by atoms with Crippen LogP contribution in [0.5, 0.6) is 5.75 Å². The molecule has 1 aliphatic heterocycles. The molecule has 2 aromatic rings. The van der Waals surface area contributed by atoms with Crippen molar-refractivity contribution in [3.8, 4) is 5.75 Å². The Hall–Kier alpha value is -3.62. The number of rotatable bonds is 7. The Balaban J connectivity index is 1.69. The molecular weight excluding hydrogens is 390 g/mol. The summed E-state index contributed by atoms with van der Waals surface area (Å²) in [6.45, 7) is 2.92. The van der Waals surface area contributed by atoms with Crippen molar-refractivity contribution < 1.29 is 24.0 Å². The van der Waals surface area contributed by atoms with Gasteiger partial charge in [0.25, 0.3) is 11.6 Å². The second-order valence-electron chi connectivity index (χ2n) is 6.92. The van der Waals surface area contributed by atoms with E-state index in [0.717, 1.165) is 25.9 Å². The fraction of sp³-hybridized carbons (Fsp3) is 0.333. The van der Waals surface area contributed by atoms with Gasteiger partial charge in [-0.1, -0.05) is 6.07 Å². The smallest absolute Gasteiger partial charge is 0.339 e. The number of methoxy groups -OCH3 is 1. The van der Waals surface area contributed by atoms with Gasteiger partial charge in [-0.2, -0.15) is 0 Å². The van der Waals surface area contributed by atoms with Crippen LogP contribution in [0.15, 0.2) is 42.5 Å². The van der Waals surface area contributed by atoms with Crippen molar-refractivity contribution in [2.75, 3.05) is 30.4 Å². The molecule has 1 atom stereocenters. The number of hydrogen-bond donors (Lipinski definition) is 1. The van der Waals surface area contributed by atoms with Gasteiger partial charge in [0.1, 0.15) is 11.4 Å². The van der Waals surface area contributed by atoms with Gasteiger partial charge in [0.05, 0.1) is 17.6 Å². The molecule has 0 bridgehead atoms. The molecule has 1 aliphatic rings. The van der Waals surface area contributed by atoms with Crippen LogP contribution in [0.4, 0.5) is 17.1 Å². The Morgan fingerprint density at radius 3 is 2.57 bits per heavy atom. The Labute approximate surface area is 173 Å². The average molecular weight is 413 g/mol. The SMILES string of the molecule is COc1cccc(NC(=O)C(C)OC(=O)c2ccc(N3CCCC3)c([N+](=O)[O-])c2)c1. The van der Waals surface area contributed by atoms with Crippen molar-refractivity contribution in [1.82, 2.24) is 0 Å². The van der Waals surface area contributed by atoms with E-state index in [4.69, 9.17) is 9.47 Å². The molecule has 0 aromatic heterocycles. The number of carbonyl (C=O) groups excluding carboxylic acids is 2. The molecule has 1 amide bonds. The molecular formula is C21H23N3O6. The maximum absolute atomic E-state index is 12.5. The van der Waals surface area contributed by atoms with Crippen molar-refractivity contribution >= 4 is 28.9 Å². The van der Waals surface area contributed by atoms with Crippen LogP contribution >= 0.6 is 0 Å². The first-order chi connectivity index (χ1) is 14.4. The van der Waals surface area contributed by atoms with Crippen molar-refractivity contribution in [3.63, 3.8) is 0 Å². The summed E-state index contributed by atoms with van der Waals surface area (Å²) in [6.07, 6.45) is 0.850. The number of hydrogen-bond acceptors (Lipinski definition) is 7. The van der Waals surface area contributed by atoms with Crippen molar-refractivity contribution in [2.45, 2.75) is 25.9 Å². The van der Waals surface area contributed by atoms with Gasteiger partial charge in [-0.05, 0) is 44.0 Å². The van der Waals surface area contributed by atoms with Gasteiger partial charge in [0.15, 0.2) is 6.10 Å². The van der Waals surface area contributed by atoms with Crippen molar-refractivity contribution in [3.05, 3.63) is 58.1 Å². The summed E-state index contributed by atoms with van der Waals surface area (Å²) in [6, 6.07) is 11.0. The lowest BCUT2D eigenvalue weighted by Gasteiger charge is -2.18. The number of esters is 1. The molecule has 9 nitrogen and oxygen atoms in total. The molecule has 9 heteroatoms. The highest BCUT2D eigenvalue weighted by atomic mass is 16.6. The minimum Gasteiger partial charge on any atom is -0.497 e. The molecule has 1 fully saturated rings. The monoisotopic (exact) mass is 413 g/mol. The molecule has 1 N–H and O–H groups in total. The average Bonchev–Trinajstić information content (AvgIpc) is 3.28. The van der Waals surface area contributed by atoms with E-state index in [0.29, 0.717) is 17.1 Å². The minimum absolute atomic E-state index is 0.0191. The standard InChI is InChI=1S/C21H23N3O6/c1-14(20(25)22-16-6-5-7-17(13-16)29-2)30-21(26)15-8-9-18(19(12-15)24(27)28)23-10-3-4-11-23/h5-9,12-14H,3-4,10-11H2,1-2H3,(H,22,25). The Morgan fingerprint density at radius 1 is 1.17 bits per heavy atom. The Kier molecular flexibility index (Phi) is 6.51. The van der Waals surface area contributed by atoms with Crippen LogP contribution < -0.4 is 15.0 Å². The van der Waals surface area contributed by atoms with Crippen LogP contribution in [0, 0.1) is 10.1 Å². The van der Waals surface area contributed by atoms with E-state index in [1.165, 1.54) is 26.2 Å². The summed E-state index contributed by atoms with van der Waals surface area (Å²) in [4.78, 5) is 37.7. The van der Waals surface area contributed by atoms with Gasteiger partial charge in [-0.15, -0.1) is 0 Å². The quantitative estimate of drug-likeness (QED) is 0.421. The lowest BCUT2D eigenvalue weighted by molar-refractivity contribution is -0.384. The van der Waals surface area contributed by atoms with E-state index in [2.05, 4.69) is 5.32 Å². The van der Waals surface area contributed by atoms with E-state index in [1.807, 2.05) is 4.90 Å². The minimum atomic E-state index is -1.10. The molecule has 1 heterocycles. The van der Waals surface area contributed by atoms with Crippen LogP contribution in [-0.4, -0.2) is 43.1 Å². The number of ether oxygens (including phenoxy) is 2. The van der Waals surface area contributed by atoms with Gasteiger partial charge in [0.2, 0.25) is 0 Å².